The van der Waals surface area contributed by atoms with Gasteiger partial charge in [0.05, 0.1) is 28.3 Å². The third-order valence-corrected chi connectivity index (χ3v) is 6.02. The Kier molecular flexibility index (Phi) is 4.93. The van der Waals surface area contributed by atoms with Crippen LogP contribution in [0.4, 0.5) is 5.88 Å². The molecular weight excluding hydrogens is 400 g/mol. The van der Waals surface area contributed by atoms with E-state index < -0.39 is 9.84 Å². The Bertz CT molecular complexity index is 1190. The number of nitrogens with one attached hydrogen (secondary N) is 1. The normalized spacial score (nSPS) is 11.5. The van der Waals surface area contributed by atoms with Crippen LogP contribution in [0.1, 0.15) is 5.76 Å². The van der Waals surface area contributed by atoms with Gasteiger partial charge in [-0.1, -0.05) is 41.9 Å². The zero-order valence-electron chi connectivity index (χ0n) is 14.5. The molecule has 4 aromatic rings. The molecular formula is C20H15ClN2O4S. The number of hydrogen-bond donors (Lipinski definition) is 1. The number of nitrogens with zero attached hydrogens (tertiary/aromatic N) is 1. The molecule has 0 atom stereocenters. The van der Waals surface area contributed by atoms with Crippen LogP contribution in [-0.4, -0.2) is 13.4 Å². The molecule has 0 fully saturated rings. The summed E-state index contributed by atoms with van der Waals surface area (Å²) in [6.45, 7) is 0.238. The van der Waals surface area contributed by atoms with E-state index in [4.69, 9.17) is 20.4 Å². The monoisotopic (exact) mass is 414 g/mol. The highest BCUT2D eigenvalue weighted by Gasteiger charge is 2.29. The average Bonchev–Trinajstić information content (AvgIpc) is 3.37. The Labute approximate surface area is 166 Å². The first-order chi connectivity index (χ1) is 13.6. The second kappa shape index (κ2) is 7.53. The third kappa shape index (κ3) is 3.54. The van der Waals surface area contributed by atoms with Gasteiger partial charge in [-0.25, -0.2) is 8.42 Å². The molecule has 0 amide bonds. The minimum absolute atomic E-state index is 0.0233. The highest BCUT2D eigenvalue weighted by atomic mass is 35.5. The van der Waals surface area contributed by atoms with Crippen molar-refractivity contribution in [1.29, 1.82) is 0 Å². The zero-order valence-corrected chi connectivity index (χ0v) is 16.1. The van der Waals surface area contributed by atoms with Crippen LogP contribution in [0.3, 0.4) is 0 Å². The molecule has 4 rings (SSSR count). The van der Waals surface area contributed by atoms with E-state index in [-0.39, 0.29) is 28.2 Å². The van der Waals surface area contributed by atoms with Crippen LogP contribution < -0.4 is 5.32 Å². The largest absolute Gasteiger partial charge is 0.467 e. The van der Waals surface area contributed by atoms with Crippen molar-refractivity contribution in [3.8, 4) is 11.5 Å². The molecule has 6 nitrogen and oxygen atoms in total. The molecule has 0 spiro atoms. The van der Waals surface area contributed by atoms with E-state index in [2.05, 4.69) is 10.3 Å². The molecule has 0 saturated carbocycles. The van der Waals surface area contributed by atoms with Crippen molar-refractivity contribution in [3.63, 3.8) is 0 Å². The molecule has 0 unspecified atom stereocenters. The summed E-state index contributed by atoms with van der Waals surface area (Å²) in [6.07, 6.45) is 1.54. The van der Waals surface area contributed by atoms with Crippen LogP contribution in [-0.2, 0) is 16.4 Å². The van der Waals surface area contributed by atoms with Crippen molar-refractivity contribution in [2.24, 2.45) is 0 Å². The fraction of sp³-hybridized carbons (Fsp3) is 0.0500. The van der Waals surface area contributed by atoms with E-state index >= 15 is 0 Å². The van der Waals surface area contributed by atoms with E-state index in [1.807, 2.05) is 0 Å². The van der Waals surface area contributed by atoms with Crippen LogP contribution >= 0.6 is 11.6 Å². The second-order valence-electron chi connectivity index (χ2n) is 5.88. The number of sulfone groups is 1. The fourth-order valence-electron chi connectivity index (χ4n) is 2.64. The van der Waals surface area contributed by atoms with Gasteiger partial charge in [0.1, 0.15) is 5.76 Å². The SMILES string of the molecule is O=S(=O)(c1ccccc1)c1nc(-c2ccccc2Cl)oc1NCc1ccco1. The Morgan fingerprint density at radius 1 is 0.964 bits per heavy atom. The number of oxazole rings is 1. The molecule has 28 heavy (non-hydrogen) atoms. The summed E-state index contributed by atoms with van der Waals surface area (Å²) in [7, 11) is -3.90. The topological polar surface area (TPSA) is 85.3 Å². The lowest BCUT2D eigenvalue weighted by molar-refractivity contribution is 0.511. The fourth-order valence-corrected chi connectivity index (χ4v) is 4.16. The van der Waals surface area contributed by atoms with Crippen molar-refractivity contribution in [1.82, 2.24) is 4.98 Å². The van der Waals surface area contributed by atoms with Crippen LogP contribution in [0.25, 0.3) is 11.5 Å². The van der Waals surface area contributed by atoms with Gasteiger partial charge in [0.25, 0.3) is 0 Å². The summed E-state index contributed by atoms with van der Waals surface area (Å²) in [5, 5.41) is 3.16. The van der Waals surface area contributed by atoms with Gasteiger partial charge in [-0.2, -0.15) is 4.98 Å². The Morgan fingerprint density at radius 3 is 2.43 bits per heavy atom. The van der Waals surface area contributed by atoms with Crippen LogP contribution in [0.5, 0.6) is 0 Å². The van der Waals surface area contributed by atoms with E-state index in [0.29, 0.717) is 16.3 Å². The quantitative estimate of drug-likeness (QED) is 0.476. The van der Waals surface area contributed by atoms with Crippen molar-refractivity contribution in [2.75, 3.05) is 5.32 Å². The highest BCUT2D eigenvalue weighted by molar-refractivity contribution is 7.91. The first-order valence-electron chi connectivity index (χ1n) is 8.38. The molecule has 142 valence electrons. The van der Waals surface area contributed by atoms with Gasteiger partial charge in [0.15, 0.2) is 0 Å². The van der Waals surface area contributed by atoms with E-state index in [0.717, 1.165) is 0 Å². The Morgan fingerprint density at radius 2 is 1.71 bits per heavy atom. The minimum Gasteiger partial charge on any atom is -0.467 e. The maximum absolute atomic E-state index is 13.1. The predicted molar refractivity (Wildman–Crippen MR) is 105 cm³/mol. The maximum atomic E-state index is 13.1. The second-order valence-corrected chi connectivity index (χ2v) is 8.15. The maximum Gasteiger partial charge on any atom is 0.234 e. The number of rotatable bonds is 6. The number of benzene rings is 2. The van der Waals surface area contributed by atoms with E-state index in [1.165, 1.54) is 18.4 Å². The lowest BCUT2D eigenvalue weighted by Gasteiger charge is -2.04. The summed E-state index contributed by atoms with van der Waals surface area (Å²) >= 11 is 6.23. The molecule has 8 heteroatoms. The molecule has 2 heterocycles. The van der Waals surface area contributed by atoms with Gasteiger partial charge in [-0.15, -0.1) is 0 Å². The van der Waals surface area contributed by atoms with Gasteiger partial charge in [-0.05, 0) is 36.4 Å². The van der Waals surface area contributed by atoms with Crippen molar-refractivity contribution >= 4 is 27.3 Å². The standard InChI is InChI=1S/C20H15ClN2O4S/c21-17-11-5-4-10-16(17)18-23-20(28(24,25)15-8-2-1-3-9-15)19(27-18)22-13-14-7-6-12-26-14/h1-12,22H,13H2. The summed E-state index contributed by atoms with van der Waals surface area (Å²) in [6, 6.07) is 18.5. The third-order valence-electron chi connectivity index (χ3n) is 4.01. The Hall–Kier alpha value is -3.03. The molecule has 0 aliphatic rings. The number of halogens is 1. The molecule has 0 aliphatic heterocycles. The van der Waals surface area contributed by atoms with Crippen molar-refractivity contribution in [2.45, 2.75) is 16.5 Å². The van der Waals surface area contributed by atoms with Gasteiger partial charge >= 0.3 is 0 Å². The minimum atomic E-state index is -3.90. The van der Waals surface area contributed by atoms with Crippen LogP contribution in [0.15, 0.2) is 91.7 Å². The predicted octanol–water partition coefficient (Wildman–Crippen LogP) is 5.03. The number of anilines is 1. The highest BCUT2D eigenvalue weighted by Crippen LogP contribution is 2.35. The first kappa shape index (κ1) is 18.3. The summed E-state index contributed by atoms with van der Waals surface area (Å²) in [5.41, 5.74) is 0.500. The lowest BCUT2D eigenvalue weighted by Crippen LogP contribution is -2.07. The van der Waals surface area contributed by atoms with Gasteiger partial charge in [0.2, 0.25) is 26.6 Å². The molecule has 2 aromatic heterocycles. The summed E-state index contributed by atoms with van der Waals surface area (Å²) in [4.78, 5) is 4.38. The molecule has 0 bridgehead atoms. The lowest BCUT2D eigenvalue weighted by atomic mass is 10.2. The van der Waals surface area contributed by atoms with Crippen LogP contribution in [0.2, 0.25) is 5.02 Å². The summed E-state index contributed by atoms with van der Waals surface area (Å²) in [5.74, 6) is 0.760. The number of furan rings is 1. The number of aromatic nitrogens is 1. The van der Waals surface area contributed by atoms with Gasteiger partial charge in [-0.3, -0.25) is 0 Å². The van der Waals surface area contributed by atoms with E-state index in [1.54, 1.807) is 54.6 Å². The molecule has 1 N–H and O–H groups in total. The van der Waals surface area contributed by atoms with E-state index in [9.17, 15) is 8.42 Å². The molecule has 0 saturated heterocycles. The van der Waals surface area contributed by atoms with Crippen molar-refractivity contribution in [3.05, 3.63) is 83.8 Å². The zero-order chi connectivity index (χ0) is 19.6. The average molecular weight is 415 g/mol. The molecule has 0 radical (unpaired) electrons. The summed E-state index contributed by atoms with van der Waals surface area (Å²) < 4.78 is 37.3. The molecule has 0 aliphatic carbocycles. The van der Waals surface area contributed by atoms with Crippen molar-refractivity contribution < 1.29 is 17.3 Å². The smallest absolute Gasteiger partial charge is 0.234 e. The van der Waals surface area contributed by atoms with Gasteiger partial charge < -0.3 is 14.2 Å². The van der Waals surface area contributed by atoms with Gasteiger partial charge in [0, 0.05) is 0 Å². The van der Waals surface area contributed by atoms with Crippen LogP contribution in [0, 0.1) is 0 Å². The molecule has 2 aromatic carbocycles. The first-order valence-corrected chi connectivity index (χ1v) is 10.2. The Balaban J connectivity index is 1.80. The number of hydrogen-bond acceptors (Lipinski definition) is 6.